The van der Waals surface area contributed by atoms with Crippen LogP contribution in [0.3, 0.4) is 0 Å². The van der Waals surface area contributed by atoms with Gasteiger partial charge >= 0.3 is 5.97 Å². The lowest BCUT2D eigenvalue weighted by Gasteiger charge is -2.52. The molecule has 5 heterocycles. The van der Waals surface area contributed by atoms with Gasteiger partial charge < -0.3 is 135 Å². The Bertz CT molecular complexity index is 1640. The molecule has 0 aliphatic carbocycles. The SMILES string of the molecule is CCO[C@@H]1O[C@H](CO)[C@H](O)[C@H](O[C@@H]2O[C@H](CO)[C@@H](O[C@@H]3O[C@H](CO)[C@H](O)[C@H](O[C@]4(C(=O)O)C[C@H](O)[C@@H](NC(C)=O)[C@H]([C@H](O)[C@H](O)CO)O4)[C@H]3O)[C@H](O[C@@H]3OC[C@@H](O)[C@@H](O)[C@@H]3O)[C@H]2NC(C)=O)[C@H]1O. The number of hydrogen-bond donors (Lipinski definition) is 17. The number of aliphatic hydroxyl groups excluding tert-OH is 14. The molecule has 30 heteroatoms. The second-order valence-corrected chi connectivity index (χ2v) is 16.8. The van der Waals surface area contributed by atoms with Crippen LogP contribution in [0, 0.1) is 0 Å². The topological polar surface area (TPSA) is 471 Å². The summed E-state index contributed by atoms with van der Waals surface area (Å²) < 4.78 is 57.7. The molecule has 0 spiro atoms. The van der Waals surface area contributed by atoms with Crippen molar-refractivity contribution in [2.45, 2.75) is 180 Å². The van der Waals surface area contributed by atoms with Crippen molar-refractivity contribution < 1.29 is 138 Å². The minimum Gasteiger partial charge on any atom is -0.477 e. The molecule has 0 bridgehead atoms. The average Bonchev–Trinajstić information content (AvgIpc) is 3.29. The number of amides is 2. The molecular weight excluding hydrogens is 932 g/mol. The third-order valence-corrected chi connectivity index (χ3v) is 12.0. The van der Waals surface area contributed by atoms with Gasteiger partial charge in [0.15, 0.2) is 25.2 Å². The summed E-state index contributed by atoms with van der Waals surface area (Å²) in [6.45, 7) is -1.24. The van der Waals surface area contributed by atoms with Gasteiger partial charge in [0, 0.05) is 26.9 Å². The molecule has 0 aromatic carbocycles. The van der Waals surface area contributed by atoms with E-state index in [-0.39, 0.29) is 6.61 Å². The molecule has 17 N–H and O–H groups in total. The van der Waals surface area contributed by atoms with Gasteiger partial charge in [0.05, 0.1) is 45.2 Å². The highest BCUT2D eigenvalue weighted by Gasteiger charge is 2.61. The molecule has 5 aliphatic rings. The van der Waals surface area contributed by atoms with Crippen LogP contribution in [0.1, 0.15) is 27.2 Å². The number of rotatable bonds is 19. The maximum Gasteiger partial charge on any atom is 0.364 e. The van der Waals surface area contributed by atoms with Crippen molar-refractivity contribution in [2.24, 2.45) is 0 Å². The van der Waals surface area contributed by atoms with Gasteiger partial charge in [-0.15, -0.1) is 0 Å². The molecule has 5 saturated heterocycles. The lowest BCUT2D eigenvalue weighted by Crippen LogP contribution is -2.72. The predicted octanol–water partition coefficient (Wildman–Crippen LogP) is -10.7. The van der Waals surface area contributed by atoms with Crippen molar-refractivity contribution >= 4 is 17.8 Å². The maximum atomic E-state index is 13.1. The molecule has 5 aliphatic heterocycles. The Hall–Kier alpha value is -2.55. The van der Waals surface area contributed by atoms with Crippen molar-refractivity contribution in [3.63, 3.8) is 0 Å². The Morgan fingerprint density at radius 3 is 1.72 bits per heavy atom. The van der Waals surface area contributed by atoms with E-state index in [2.05, 4.69) is 10.6 Å². The Morgan fingerprint density at radius 2 is 1.16 bits per heavy atom. The van der Waals surface area contributed by atoms with E-state index in [1.54, 1.807) is 6.92 Å². The fourth-order valence-electron chi connectivity index (χ4n) is 8.53. The molecule has 394 valence electrons. The van der Waals surface area contributed by atoms with Crippen LogP contribution in [0.4, 0.5) is 0 Å². The van der Waals surface area contributed by atoms with E-state index in [1.165, 1.54) is 0 Å². The molecule has 0 aromatic heterocycles. The van der Waals surface area contributed by atoms with Crippen LogP contribution in [0.2, 0.25) is 0 Å². The summed E-state index contributed by atoms with van der Waals surface area (Å²) in [5, 5.41) is 165. The van der Waals surface area contributed by atoms with Crippen molar-refractivity contribution in [3.05, 3.63) is 0 Å². The number of nitrogens with one attached hydrogen (secondary N) is 2. The van der Waals surface area contributed by atoms with Gasteiger partial charge in [0.1, 0.15) is 110 Å². The van der Waals surface area contributed by atoms with Gasteiger partial charge in [0.2, 0.25) is 11.8 Å². The van der Waals surface area contributed by atoms with E-state index >= 15 is 0 Å². The number of hydrogen-bond acceptors (Lipinski definition) is 27. The maximum absolute atomic E-state index is 13.1. The summed E-state index contributed by atoms with van der Waals surface area (Å²) in [6.07, 6.45) is -43.8. The van der Waals surface area contributed by atoms with E-state index in [4.69, 9.17) is 47.4 Å². The molecule has 0 saturated carbocycles. The summed E-state index contributed by atoms with van der Waals surface area (Å²) in [5.74, 6) is -6.92. The monoisotopic (exact) mass is 996 g/mol. The number of aliphatic hydroxyl groups is 14. The summed E-state index contributed by atoms with van der Waals surface area (Å²) >= 11 is 0. The first-order valence-electron chi connectivity index (χ1n) is 21.6. The summed E-state index contributed by atoms with van der Waals surface area (Å²) in [7, 11) is 0. The zero-order valence-corrected chi connectivity index (χ0v) is 36.8. The second kappa shape index (κ2) is 24.2. The molecule has 68 heavy (non-hydrogen) atoms. The number of carbonyl (C=O) groups excluding carboxylic acids is 2. The Morgan fingerprint density at radius 1 is 0.632 bits per heavy atom. The van der Waals surface area contributed by atoms with Gasteiger partial charge in [-0.25, -0.2) is 4.79 Å². The molecule has 0 unspecified atom stereocenters. The number of carbonyl (C=O) groups is 3. The fourth-order valence-corrected chi connectivity index (χ4v) is 8.53. The lowest BCUT2D eigenvalue weighted by atomic mass is 9.88. The van der Waals surface area contributed by atoms with E-state index in [0.717, 1.165) is 13.8 Å². The highest BCUT2D eigenvalue weighted by Crippen LogP contribution is 2.40. The molecule has 5 rings (SSSR count). The zero-order valence-electron chi connectivity index (χ0n) is 36.8. The van der Waals surface area contributed by atoms with Gasteiger partial charge in [-0.1, -0.05) is 0 Å². The average molecular weight is 997 g/mol. The van der Waals surface area contributed by atoms with Gasteiger partial charge in [-0.3, -0.25) is 9.59 Å². The van der Waals surface area contributed by atoms with E-state index < -0.39 is 210 Å². The summed E-state index contributed by atoms with van der Waals surface area (Å²) in [6, 6.07) is -3.42. The molecule has 30 nitrogen and oxygen atoms in total. The van der Waals surface area contributed by atoms with Crippen LogP contribution in [0.15, 0.2) is 0 Å². The summed E-state index contributed by atoms with van der Waals surface area (Å²) in [4.78, 5) is 38.0. The number of carboxylic acids is 1. The van der Waals surface area contributed by atoms with E-state index in [1.807, 2.05) is 0 Å². The highest BCUT2D eigenvalue weighted by atomic mass is 16.8. The summed E-state index contributed by atoms with van der Waals surface area (Å²) in [5.41, 5.74) is 0. The van der Waals surface area contributed by atoms with Crippen LogP contribution < -0.4 is 10.6 Å². The smallest absolute Gasteiger partial charge is 0.364 e. The van der Waals surface area contributed by atoms with Crippen molar-refractivity contribution in [3.8, 4) is 0 Å². The van der Waals surface area contributed by atoms with Gasteiger partial charge in [-0.05, 0) is 6.92 Å². The highest BCUT2D eigenvalue weighted by molar-refractivity contribution is 5.76. The molecule has 5 fully saturated rings. The molecule has 25 atom stereocenters. The largest absolute Gasteiger partial charge is 0.477 e. The predicted molar refractivity (Wildman–Crippen MR) is 210 cm³/mol. The molecule has 2 amide bonds. The lowest BCUT2D eigenvalue weighted by molar-refractivity contribution is -0.395. The zero-order chi connectivity index (χ0) is 50.5. The van der Waals surface area contributed by atoms with Crippen molar-refractivity contribution in [2.75, 3.05) is 39.6 Å². The quantitative estimate of drug-likeness (QED) is 0.0571. The Kier molecular flexibility index (Phi) is 20.1. The number of carboxylic acid groups (broad SMARTS) is 1. The van der Waals surface area contributed by atoms with Crippen LogP contribution in [-0.4, -0.2) is 287 Å². The standard InChI is InChI=1S/C38H64N2O28/c1-4-59-35-26(55)31(23(52)16(7-42)61-35)66-33-20(40-12(3)46)30(65-34-25(54)21(50)15(49)10-60-34)28(18(9-44)63-33)64-36-27(56)32(24(53)17(8-43)62-36)68-38(37(57)58)5-13(47)19(39-11(2)45)29(67-38)22(51)14(48)6-41/h13-36,41-44,47-56H,4-10H2,1-3H3,(H,39,45)(H,40,46)(H,57,58)/t13-,14+,15+,16+,17+,18+,19+,20+,21+,22+,23-,24-,25-,26+,27+,28+,29+,30+,31-,32-,33-,34-,35+,36-,38-/m0/s1. The molecular formula is C38H64N2O28. The normalized spacial score (nSPS) is 45.5. The Labute approximate surface area is 386 Å². The van der Waals surface area contributed by atoms with E-state index in [0.29, 0.717) is 0 Å². The molecule has 0 radical (unpaired) electrons. The number of ether oxygens (including phenoxy) is 10. The van der Waals surface area contributed by atoms with Crippen molar-refractivity contribution in [1.82, 2.24) is 10.6 Å². The number of aliphatic carboxylic acids is 1. The minimum atomic E-state index is -3.19. The first-order valence-corrected chi connectivity index (χ1v) is 21.6. The molecule has 0 aromatic rings. The van der Waals surface area contributed by atoms with Crippen molar-refractivity contribution in [1.29, 1.82) is 0 Å². The third-order valence-electron chi connectivity index (χ3n) is 12.0. The van der Waals surface area contributed by atoms with Crippen LogP contribution >= 0.6 is 0 Å². The first kappa shape index (κ1) is 56.4. The van der Waals surface area contributed by atoms with E-state index in [9.17, 15) is 91.0 Å². The van der Waals surface area contributed by atoms with Gasteiger partial charge in [0.25, 0.3) is 5.79 Å². The van der Waals surface area contributed by atoms with Crippen LogP contribution in [0.5, 0.6) is 0 Å². The Balaban J connectivity index is 1.54. The third kappa shape index (κ3) is 12.2. The van der Waals surface area contributed by atoms with Crippen LogP contribution in [0.25, 0.3) is 0 Å². The fraction of sp³-hybridized carbons (Fsp3) is 0.921. The van der Waals surface area contributed by atoms with Crippen LogP contribution in [-0.2, 0) is 61.8 Å². The first-order chi connectivity index (χ1) is 32.1. The minimum absolute atomic E-state index is 0.0260. The second-order valence-electron chi connectivity index (χ2n) is 16.8. The van der Waals surface area contributed by atoms with Gasteiger partial charge in [-0.2, -0.15) is 0 Å².